The van der Waals surface area contributed by atoms with Crippen molar-refractivity contribution in [1.29, 1.82) is 0 Å². The van der Waals surface area contributed by atoms with Crippen molar-refractivity contribution in [3.05, 3.63) is 59.4 Å². The lowest BCUT2D eigenvalue weighted by atomic mass is 10.0. The van der Waals surface area contributed by atoms with Gasteiger partial charge in [-0.05, 0) is 38.1 Å². The molecule has 0 amide bonds. The summed E-state index contributed by atoms with van der Waals surface area (Å²) in [4.78, 5) is 9.84. The third-order valence-corrected chi connectivity index (χ3v) is 5.97. The van der Waals surface area contributed by atoms with Crippen molar-refractivity contribution in [3.8, 4) is 5.75 Å². The molecule has 4 rings (SSSR count). The monoisotopic (exact) mass is 392 g/mol. The normalized spacial score (nSPS) is 20.5. The molecule has 0 aliphatic carbocycles. The number of para-hydroxylation sites is 1. The SMILES string of the molecule is COc1ccccc1/C=C/CN1CCN(c2cc(C)nc([C@@H]3CCNC3)c2)CC1. The number of rotatable bonds is 6. The quantitative estimate of drug-likeness (QED) is 0.817. The summed E-state index contributed by atoms with van der Waals surface area (Å²) in [5, 5.41) is 3.46. The second-order valence-electron chi connectivity index (χ2n) is 8.01. The number of nitrogens with zero attached hydrogens (tertiary/aromatic N) is 3. The first-order valence-corrected chi connectivity index (χ1v) is 10.7. The van der Waals surface area contributed by atoms with Crippen LogP contribution in [-0.4, -0.2) is 62.8 Å². The van der Waals surface area contributed by atoms with Gasteiger partial charge in [-0.2, -0.15) is 0 Å². The van der Waals surface area contributed by atoms with Crippen LogP contribution in [0, 0.1) is 6.92 Å². The second-order valence-corrected chi connectivity index (χ2v) is 8.01. The molecule has 5 nitrogen and oxygen atoms in total. The second kappa shape index (κ2) is 9.42. The van der Waals surface area contributed by atoms with Crippen molar-refractivity contribution in [2.75, 3.05) is 57.8 Å². The van der Waals surface area contributed by atoms with E-state index in [0.29, 0.717) is 5.92 Å². The lowest BCUT2D eigenvalue weighted by molar-refractivity contribution is 0.284. The van der Waals surface area contributed by atoms with Gasteiger partial charge < -0.3 is 15.0 Å². The van der Waals surface area contributed by atoms with Gasteiger partial charge in [0.2, 0.25) is 0 Å². The van der Waals surface area contributed by atoms with E-state index in [1.54, 1.807) is 7.11 Å². The molecule has 0 radical (unpaired) electrons. The number of ether oxygens (including phenoxy) is 1. The van der Waals surface area contributed by atoms with E-state index in [0.717, 1.165) is 62.8 Å². The molecular formula is C24H32N4O. The first-order chi connectivity index (χ1) is 14.2. The first-order valence-electron chi connectivity index (χ1n) is 10.7. The van der Waals surface area contributed by atoms with Gasteiger partial charge >= 0.3 is 0 Å². The molecular weight excluding hydrogens is 360 g/mol. The zero-order chi connectivity index (χ0) is 20.1. The van der Waals surface area contributed by atoms with Gasteiger partial charge in [0, 0.05) is 67.8 Å². The number of methoxy groups -OCH3 is 1. The third kappa shape index (κ3) is 4.98. The molecule has 2 fully saturated rings. The maximum Gasteiger partial charge on any atom is 0.126 e. The average molecular weight is 393 g/mol. The van der Waals surface area contributed by atoms with E-state index >= 15 is 0 Å². The minimum Gasteiger partial charge on any atom is -0.496 e. The number of benzene rings is 1. The lowest BCUT2D eigenvalue weighted by Gasteiger charge is -2.36. The molecule has 5 heteroatoms. The summed E-state index contributed by atoms with van der Waals surface area (Å²) in [6.07, 6.45) is 5.61. The maximum atomic E-state index is 5.43. The molecule has 0 unspecified atom stereocenters. The highest BCUT2D eigenvalue weighted by Gasteiger charge is 2.21. The zero-order valence-corrected chi connectivity index (χ0v) is 17.6. The molecule has 0 saturated carbocycles. The van der Waals surface area contributed by atoms with Crippen molar-refractivity contribution >= 4 is 11.8 Å². The number of piperazine rings is 1. The van der Waals surface area contributed by atoms with E-state index < -0.39 is 0 Å². The summed E-state index contributed by atoms with van der Waals surface area (Å²) in [7, 11) is 1.72. The van der Waals surface area contributed by atoms with Gasteiger partial charge in [0.1, 0.15) is 5.75 Å². The topological polar surface area (TPSA) is 40.6 Å². The summed E-state index contributed by atoms with van der Waals surface area (Å²) in [5.74, 6) is 1.49. The highest BCUT2D eigenvalue weighted by Crippen LogP contribution is 2.26. The Kier molecular flexibility index (Phi) is 6.47. The number of anilines is 1. The van der Waals surface area contributed by atoms with Crippen LogP contribution in [0.5, 0.6) is 5.75 Å². The van der Waals surface area contributed by atoms with Crippen LogP contribution in [0.1, 0.15) is 29.3 Å². The lowest BCUT2D eigenvalue weighted by Crippen LogP contribution is -2.46. The van der Waals surface area contributed by atoms with Gasteiger partial charge in [-0.1, -0.05) is 30.4 Å². The predicted molar refractivity (Wildman–Crippen MR) is 120 cm³/mol. The highest BCUT2D eigenvalue weighted by atomic mass is 16.5. The summed E-state index contributed by atoms with van der Waals surface area (Å²) < 4.78 is 5.43. The predicted octanol–water partition coefficient (Wildman–Crippen LogP) is 3.31. The van der Waals surface area contributed by atoms with E-state index in [9.17, 15) is 0 Å². The summed E-state index contributed by atoms with van der Waals surface area (Å²) in [6, 6.07) is 12.7. The average Bonchev–Trinajstić information content (AvgIpc) is 3.29. The Morgan fingerprint density at radius 3 is 2.76 bits per heavy atom. The van der Waals surface area contributed by atoms with Gasteiger partial charge in [-0.15, -0.1) is 0 Å². The van der Waals surface area contributed by atoms with Gasteiger partial charge in [-0.3, -0.25) is 9.88 Å². The van der Waals surface area contributed by atoms with Crippen LogP contribution in [0.3, 0.4) is 0 Å². The van der Waals surface area contributed by atoms with Gasteiger partial charge in [0.15, 0.2) is 0 Å². The minimum atomic E-state index is 0.565. The number of hydrogen-bond acceptors (Lipinski definition) is 5. The number of pyridine rings is 1. The Morgan fingerprint density at radius 1 is 1.17 bits per heavy atom. The van der Waals surface area contributed by atoms with Crippen molar-refractivity contribution in [3.63, 3.8) is 0 Å². The van der Waals surface area contributed by atoms with E-state index in [-0.39, 0.29) is 0 Å². The van der Waals surface area contributed by atoms with Crippen molar-refractivity contribution in [2.45, 2.75) is 19.3 Å². The number of nitrogens with one attached hydrogen (secondary N) is 1. The molecule has 1 atom stereocenters. The van der Waals surface area contributed by atoms with E-state index in [1.165, 1.54) is 17.8 Å². The summed E-state index contributed by atoms with van der Waals surface area (Å²) in [5.41, 5.74) is 4.86. The fraction of sp³-hybridized carbons (Fsp3) is 0.458. The fourth-order valence-corrected chi connectivity index (χ4v) is 4.30. The van der Waals surface area contributed by atoms with Crippen LogP contribution in [0.25, 0.3) is 6.08 Å². The highest BCUT2D eigenvalue weighted by molar-refractivity contribution is 5.57. The van der Waals surface area contributed by atoms with Crippen molar-refractivity contribution < 1.29 is 4.74 Å². The van der Waals surface area contributed by atoms with E-state index in [2.05, 4.69) is 52.4 Å². The molecule has 2 aliphatic rings. The fourth-order valence-electron chi connectivity index (χ4n) is 4.30. The van der Waals surface area contributed by atoms with Crippen LogP contribution in [0.15, 0.2) is 42.5 Å². The molecule has 1 N–H and O–H groups in total. The molecule has 2 saturated heterocycles. The molecule has 1 aromatic carbocycles. The van der Waals surface area contributed by atoms with E-state index in [1.807, 2.05) is 18.2 Å². The Balaban J connectivity index is 1.33. The number of hydrogen-bond donors (Lipinski definition) is 1. The Bertz CT molecular complexity index is 837. The van der Waals surface area contributed by atoms with Crippen LogP contribution in [-0.2, 0) is 0 Å². The van der Waals surface area contributed by atoms with Crippen LogP contribution >= 0.6 is 0 Å². The van der Waals surface area contributed by atoms with Crippen LogP contribution < -0.4 is 15.0 Å². The molecule has 3 heterocycles. The molecule has 0 spiro atoms. The molecule has 1 aromatic heterocycles. The molecule has 0 bridgehead atoms. The Labute approximate surface area is 174 Å². The standard InChI is InChI=1S/C24H32N4O/c1-19-16-22(17-23(26-19)21-9-10-25-18-21)28-14-12-27(13-15-28)11-5-7-20-6-3-4-8-24(20)29-2/h3-8,16-17,21,25H,9-15,18H2,1-2H3/b7-5+/t21-/m1/s1. The summed E-state index contributed by atoms with van der Waals surface area (Å²) >= 11 is 0. The first kappa shape index (κ1) is 19.9. The summed E-state index contributed by atoms with van der Waals surface area (Å²) in [6.45, 7) is 9.55. The third-order valence-electron chi connectivity index (χ3n) is 5.97. The van der Waals surface area contributed by atoms with Crippen LogP contribution in [0.2, 0.25) is 0 Å². The molecule has 154 valence electrons. The van der Waals surface area contributed by atoms with Gasteiger partial charge in [0.05, 0.1) is 7.11 Å². The van der Waals surface area contributed by atoms with Gasteiger partial charge in [-0.25, -0.2) is 0 Å². The molecule has 2 aliphatic heterocycles. The Morgan fingerprint density at radius 2 is 2.00 bits per heavy atom. The minimum absolute atomic E-state index is 0.565. The molecule has 2 aromatic rings. The smallest absolute Gasteiger partial charge is 0.126 e. The van der Waals surface area contributed by atoms with E-state index in [4.69, 9.17) is 9.72 Å². The number of aromatic nitrogens is 1. The maximum absolute atomic E-state index is 5.43. The van der Waals surface area contributed by atoms with Gasteiger partial charge in [0.25, 0.3) is 0 Å². The largest absolute Gasteiger partial charge is 0.496 e. The number of aryl methyl sites for hydroxylation is 1. The Hall–Kier alpha value is -2.37. The van der Waals surface area contributed by atoms with Crippen LogP contribution in [0.4, 0.5) is 5.69 Å². The zero-order valence-electron chi connectivity index (χ0n) is 17.6. The molecule has 29 heavy (non-hydrogen) atoms. The van der Waals surface area contributed by atoms with Crippen molar-refractivity contribution in [2.24, 2.45) is 0 Å². The van der Waals surface area contributed by atoms with Crippen molar-refractivity contribution in [1.82, 2.24) is 15.2 Å².